The molecule has 0 saturated carbocycles. The lowest BCUT2D eigenvalue weighted by Crippen LogP contribution is -2.20. The maximum absolute atomic E-state index is 9.28. The molecule has 2 rings (SSSR count). The van der Waals surface area contributed by atoms with Crippen LogP contribution in [0.15, 0.2) is 36.5 Å². The molecule has 0 aliphatic rings. The molecule has 0 unspecified atom stereocenters. The first kappa shape index (κ1) is 13.7. The molecule has 1 atom stereocenters. The van der Waals surface area contributed by atoms with Crippen LogP contribution in [0.25, 0.3) is 0 Å². The molecule has 102 valence electrons. The van der Waals surface area contributed by atoms with Crippen molar-refractivity contribution in [3.63, 3.8) is 0 Å². The zero-order chi connectivity index (χ0) is 13.5. The molecule has 2 aromatic rings. The predicted octanol–water partition coefficient (Wildman–Crippen LogP) is 0.348. The Morgan fingerprint density at radius 2 is 2.00 bits per heavy atom. The number of benzene rings is 1. The van der Waals surface area contributed by atoms with Crippen molar-refractivity contribution >= 4 is 0 Å². The van der Waals surface area contributed by atoms with Crippen LogP contribution < -0.4 is 0 Å². The van der Waals surface area contributed by atoms with Crippen molar-refractivity contribution < 1.29 is 14.9 Å². The molecule has 1 heterocycles. The number of aliphatic hydroxyl groups excluding tert-OH is 2. The van der Waals surface area contributed by atoms with E-state index in [0.717, 1.165) is 5.56 Å². The van der Waals surface area contributed by atoms with Gasteiger partial charge >= 0.3 is 0 Å². The quantitative estimate of drug-likeness (QED) is 0.753. The first-order valence-corrected chi connectivity index (χ1v) is 6.07. The molecule has 6 nitrogen and oxygen atoms in total. The number of rotatable bonds is 7. The van der Waals surface area contributed by atoms with Crippen LogP contribution in [0.5, 0.6) is 0 Å². The van der Waals surface area contributed by atoms with Crippen molar-refractivity contribution in [2.24, 2.45) is 0 Å². The van der Waals surface area contributed by atoms with Gasteiger partial charge in [-0.15, -0.1) is 5.10 Å². The Labute approximate surface area is 111 Å². The fourth-order valence-electron chi connectivity index (χ4n) is 1.62. The predicted molar refractivity (Wildman–Crippen MR) is 68.0 cm³/mol. The highest BCUT2D eigenvalue weighted by atomic mass is 16.5. The van der Waals surface area contributed by atoms with Crippen molar-refractivity contribution in [2.75, 3.05) is 6.61 Å². The van der Waals surface area contributed by atoms with E-state index in [1.54, 1.807) is 6.20 Å². The van der Waals surface area contributed by atoms with Gasteiger partial charge in [0, 0.05) is 0 Å². The van der Waals surface area contributed by atoms with Crippen molar-refractivity contribution in [1.29, 1.82) is 0 Å². The standard InChI is InChI=1S/C13H17N3O3/c17-8-13(18)7-16-6-12(14-15-16)10-19-9-11-4-2-1-3-5-11/h1-6,13,17-18H,7-10H2/t13-/m1/s1. The summed E-state index contributed by atoms with van der Waals surface area (Å²) in [4.78, 5) is 0. The minimum atomic E-state index is -0.820. The summed E-state index contributed by atoms with van der Waals surface area (Å²) in [6.07, 6.45) is 0.879. The van der Waals surface area contributed by atoms with Gasteiger partial charge < -0.3 is 14.9 Å². The van der Waals surface area contributed by atoms with Crippen LogP contribution in [0.4, 0.5) is 0 Å². The van der Waals surface area contributed by atoms with Gasteiger partial charge in [0.05, 0.1) is 38.7 Å². The van der Waals surface area contributed by atoms with Crippen LogP contribution in [-0.2, 0) is 24.5 Å². The third kappa shape index (κ3) is 4.44. The van der Waals surface area contributed by atoms with E-state index in [9.17, 15) is 5.11 Å². The van der Waals surface area contributed by atoms with Crippen molar-refractivity contribution in [3.05, 3.63) is 47.8 Å². The minimum absolute atomic E-state index is 0.224. The van der Waals surface area contributed by atoms with Crippen LogP contribution in [0.3, 0.4) is 0 Å². The number of hydrogen-bond donors (Lipinski definition) is 2. The van der Waals surface area contributed by atoms with E-state index in [2.05, 4.69) is 10.3 Å². The molecule has 0 aliphatic heterocycles. The van der Waals surface area contributed by atoms with Gasteiger partial charge in [-0.1, -0.05) is 35.5 Å². The number of aromatic nitrogens is 3. The fourth-order valence-corrected chi connectivity index (χ4v) is 1.62. The van der Waals surface area contributed by atoms with E-state index in [0.29, 0.717) is 18.9 Å². The Morgan fingerprint density at radius 1 is 1.21 bits per heavy atom. The third-order valence-corrected chi connectivity index (χ3v) is 2.56. The summed E-state index contributed by atoms with van der Waals surface area (Å²) in [6.45, 7) is 0.818. The largest absolute Gasteiger partial charge is 0.394 e. The van der Waals surface area contributed by atoms with E-state index in [-0.39, 0.29) is 13.2 Å². The van der Waals surface area contributed by atoms with E-state index >= 15 is 0 Å². The average molecular weight is 263 g/mol. The third-order valence-electron chi connectivity index (χ3n) is 2.56. The normalized spacial score (nSPS) is 12.5. The van der Waals surface area contributed by atoms with E-state index < -0.39 is 6.10 Å². The average Bonchev–Trinajstić information content (AvgIpc) is 2.87. The Balaban J connectivity index is 1.77. The summed E-state index contributed by atoms with van der Waals surface area (Å²) < 4.78 is 7.01. The summed E-state index contributed by atoms with van der Waals surface area (Å²) >= 11 is 0. The Bertz CT molecular complexity index is 487. The number of hydrogen-bond acceptors (Lipinski definition) is 5. The summed E-state index contributed by atoms with van der Waals surface area (Å²) in [5.74, 6) is 0. The van der Waals surface area contributed by atoms with Crippen molar-refractivity contribution in [2.45, 2.75) is 25.9 Å². The summed E-state index contributed by atoms with van der Waals surface area (Å²) in [5.41, 5.74) is 1.80. The minimum Gasteiger partial charge on any atom is -0.394 e. The molecule has 0 aliphatic carbocycles. The summed E-state index contributed by atoms with van der Waals surface area (Å²) in [7, 11) is 0. The highest BCUT2D eigenvalue weighted by Crippen LogP contribution is 2.03. The maximum atomic E-state index is 9.28. The van der Waals surface area contributed by atoms with Gasteiger partial charge in [0.15, 0.2) is 0 Å². The van der Waals surface area contributed by atoms with Gasteiger partial charge in [-0.2, -0.15) is 0 Å². The molecule has 19 heavy (non-hydrogen) atoms. The molecular formula is C13H17N3O3. The number of aliphatic hydroxyl groups is 2. The Hall–Kier alpha value is -1.76. The zero-order valence-corrected chi connectivity index (χ0v) is 10.5. The van der Waals surface area contributed by atoms with Crippen LogP contribution in [0.1, 0.15) is 11.3 Å². The van der Waals surface area contributed by atoms with Gasteiger partial charge in [-0.25, -0.2) is 4.68 Å². The lowest BCUT2D eigenvalue weighted by atomic mass is 10.2. The van der Waals surface area contributed by atoms with E-state index in [1.165, 1.54) is 4.68 Å². The first-order valence-electron chi connectivity index (χ1n) is 6.07. The molecule has 2 N–H and O–H groups in total. The van der Waals surface area contributed by atoms with Gasteiger partial charge in [0.1, 0.15) is 5.69 Å². The number of nitrogens with zero attached hydrogens (tertiary/aromatic N) is 3. The Morgan fingerprint density at radius 3 is 2.74 bits per heavy atom. The monoisotopic (exact) mass is 263 g/mol. The van der Waals surface area contributed by atoms with Gasteiger partial charge in [-0.05, 0) is 5.56 Å². The van der Waals surface area contributed by atoms with Gasteiger partial charge in [0.2, 0.25) is 0 Å². The SMILES string of the molecule is OC[C@H](O)Cn1cc(COCc2ccccc2)nn1. The lowest BCUT2D eigenvalue weighted by molar-refractivity contribution is 0.0777. The highest BCUT2D eigenvalue weighted by molar-refractivity contribution is 5.13. The second kappa shape index (κ2) is 6.98. The molecular weight excluding hydrogens is 246 g/mol. The summed E-state index contributed by atoms with van der Waals surface area (Å²) in [5, 5.41) is 25.8. The van der Waals surface area contributed by atoms with Crippen molar-refractivity contribution in [1.82, 2.24) is 15.0 Å². The van der Waals surface area contributed by atoms with Crippen molar-refractivity contribution in [3.8, 4) is 0 Å². The highest BCUT2D eigenvalue weighted by Gasteiger charge is 2.06. The van der Waals surface area contributed by atoms with Crippen LogP contribution in [0, 0.1) is 0 Å². The van der Waals surface area contributed by atoms with Gasteiger partial charge in [-0.3, -0.25) is 0 Å². The second-order valence-corrected chi connectivity index (χ2v) is 4.25. The van der Waals surface area contributed by atoms with E-state index in [1.807, 2.05) is 30.3 Å². The molecule has 0 spiro atoms. The fraction of sp³-hybridized carbons (Fsp3) is 0.385. The van der Waals surface area contributed by atoms with Gasteiger partial charge in [0.25, 0.3) is 0 Å². The Kier molecular flexibility index (Phi) is 5.02. The van der Waals surface area contributed by atoms with Crippen LogP contribution in [0.2, 0.25) is 0 Å². The molecule has 6 heteroatoms. The second-order valence-electron chi connectivity index (χ2n) is 4.25. The first-order chi connectivity index (χ1) is 9.28. The molecule has 0 fully saturated rings. The molecule has 0 radical (unpaired) electrons. The lowest BCUT2D eigenvalue weighted by Gasteiger charge is -2.05. The summed E-state index contributed by atoms with van der Waals surface area (Å²) in [6, 6.07) is 9.88. The topological polar surface area (TPSA) is 80.4 Å². The molecule has 1 aromatic carbocycles. The van der Waals surface area contributed by atoms with Crippen LogP contribution >= 0.6 is 0 Å². The van der Waals surface area contributed by atoms with E-state index in [4.69, 9.17) is 9.84 Å². The maximum Gasteiger partial charge on any atom is 0.108 e. The molecule has 0 bridgehead atoms. The zero-order valence-electron chi connectivity index (χ0n) is 10.5. The smallest absolute Gasteiger partial charge is 0.108 e. The molecule has 1 aromatic heterocycles. The van der Waals surface area contributed by atoms with Crippen LogP contribution in [-0.4, -0.2) is 37.9 Å². The molecule has 0 saturated heterocycles. The number of ether oxygens (including phenoxy) is 1. The molecule has 0 amide bonds.